The lowest BCUT2D eigenvalue weighted by Gasteiger charge is -2.31. The van der Waals surface area contributed by atoms with Gasteiger partial charge in [0.1, 0.15) is 0 Å². The first-order chi connectivity index (χ1) is 9.51. The standard InChI is InChI=1S/C19H31N/c1-15(2)12-19(9-5-6-10-19)14-20-13-18-11-16(3)7-8-17(18)4/h7-8,11,15,20H,5-6,9-10,12-14H2,1-4H3. The Labute approximate surface area is 125 Å². The van der Waals surface area contributed by atoms with Gasteiger partial charge in [-0.1, -0.05) is 50.5 Å². The molecule has 0 heterocycles. The molecule has 0 atom stereocenters. The second-order valence-electron chi connectivity index (χ2n) is 7.34. The molecule has 1 aromatic carbocycles. The minimum Gasteiger partial charge on any atom is -0.312 e. The SMILES string of the molecule is Cc1ccc(C)c(CNCC2(CC(C)C)CCCC2)c1. The highest BCUT2D eigenvalue weighted by Gasteiger charge is 2.33. The number of hydrogen-bond donors (Lipinski definition) is 1. The lowest BCUT2D eigenvalue weighted by atomic mass is 9.78. The van der Waals surface area contributed by atoms with Gasteiger partial charge in [0.25, 0.3) is 0 Å². The molecule has 0 radical (unpaired) electrons. The molecule has 0 aliphatic heterocycles. The van der Waals surface area contributed by atoms with Crippen molar-refractivity contribution in [2.45, 2.75) is 66.3 Å². The van der Waals surface area contributed by atoms with Gasteiger partial charge in [-0.3, -0.25) is 0 Å². The highest BCUT2D eigenvalue weighted by Crippen LogP contribution is 2.42. The Morgan fingerprint density at radius 1 is 1.15 bits per heavy atom. The smallest absolute Gasteiger partial charge is 0.0208 e. The molecule has 1 fully saturated rings. The Bertz CT molecular complexity index is 427. The van der Waals surface area contributed by atoms with Gasteiger partial charge in [-0.05, 0) is 55.6 Å². The van der Waals surface area contributed by atoms with E-state index in [1.54, 1.807) is 0 Å². The van der Waals surface area contributed by atoms with E-state index in [9.17, 15) is 0 Å². The molecule has 1 aliphatic carbocycles. The Hall–Kier alpha value is -0.820. The van der Waals surface area contributed by atoms with Crippen molar-refractivity contribution in [2.75, 3.05) is 6.54 Å². The molecule has 0 unspecified atom stereocenters. The fraction of sp³-hybridized carbons (Fsp3) is 0.684. The third-order valence-electron chi connectivity index (χ3n) is 4.83. The number of aryl methyl sites for hydroxylation is 2. The summed E-state index contributed by atoms with van der Waals surface area (Å²) in [5.74, 6) is 0.815. The van der Waals surface area contributed by atoms with E-state index in [2.05, 4.69) is 51.2 Å². The van der Waals surface area contributed by atoms with Gasteiger partial charge in [-0.15, -0.1) is 0 Å². The van der Waals surface area contributed by atoms with Crippen LogP contribution in [-0.2, 0) is 6.54 Å². The molecule has 0 bridgehead atoms. The molecule has 1 heteroatoms. The second kappa shape index (κ2) is 6.76. The molecule has 0 amide bonds. The topological polar surface area (TPSA) is 12.0 Å². The van der Waals surface area contributed by atoms with Crippen LogP contribution in [-0.4, -0.2) is 6.54 Å². The van der Waals surface area contributed by atoms with E-state index in [4.69, 9.17) is 0 Å². The number of hydrogen-bond acceptors (Lipinski definition) is 1. The summed E-state index contributed by atoms with van der Waals surface area (Å²) in [6, 6.07) is 6.77. The molecule has 0 aromatic heterocycles. The first kappa shape index (κ1) is 15.6. The summed E-state index contributed by atoms with van der Waals surface area (Å²) in [5.41, 5.74) is 4.81. The van der Waals surface area contributed by atoms with Crippen LogP contribution in [0.5, 0.6) is 0 Å². The molecular formula is C19H31N. The highest BCUT2D eigenvalue weighted by atomic mass is 14.9. The van der Waals surface area contributed by atoms with Crippen LogP contribution >= 0.6 is 0 Å². The second-order valence-corrected chi connectivity index (χ2v) is 7.34. The van der Waals surface area contributed by atoms with E-state index in [1.165, 1.54) is 55.3 Å². The summed E-state index contributed by atoms with van der Waals surface area (Å²) in [4.78, 5) is 0. The van der Waals surface area contributed by atoms with Gasteiger partial charge in [-0.2, -0.15) is 0 Å². The van der Waals surface area contributed by atoms with Gasteiger partial charge in [0.2, 0.25) is 0 Å². The normalized spacial score (nSPS) is 17.9. The summed E-state index contributed by atoms with van der Waals surface area (Å²) in [7, 11) is 0. The molecule has 112 valence electrons. The predicted molar refractivity (Wildman–Crippen MR) is 88.0 cm³/mol. The van der Waals surface area contributed by atoms with Crippen LogP contribution in [0.25, 0.3) is 0 Å². The quantitative estimate of drug-likeness (QED) is 0.769. The van der Waals surface area contributed by atoms with E-state index in [0.717, 1.165) is 12.5 Å². The lowest BCUT2D eigenvalue weighted by Crippen LogP contribution is -2.33. The molecule has 1 saturated carbocycles. The van der Waals surface area contributed by atoms with Crippen LogP contribution in [0.3, 0.4) is 0 Å². The van der Waals surface area contributed by atoms with Gasteiger partial charge >= 0.3 is 0 Å². The zero-order chi connectivity index (χ0) is 14.6. The lowest BCUT2D eigenvalue weighted by molar-refractivity contribution is 0.223. The Morgan fingerprint density at radius 3 is 2.50 bits per heavy atom. The summed E-state index contributed by atoms with van der Waals surface area (Å²) < 4.78 is 0. The van der Waals surface area contributed by atoms with Crippen LogP contribution in [0.4, 0.5) is 0 Å². The Morgan fingerprint density at radius 2 is 1.85 bits per heavy atom. The Balaban J connectivity index is 1.91. The minimum absolute atomic E-state index is 0.575. The number of rotatable bonds is 6. The van der Waals surface area contributed by atoms with Crippen molar-refractivity contribution in [1.29, 1.82) is 0 Å². The molecule has 0 saturated heterocycles. The van der Waals surface area contributed by atoms with E-state index in [0.29, 0.717) is 5.41 Å². The predicted octanol–water partition coefficient (Wildman–Crippen LogP) is 5.00. The van der Waals surface area contributed by atoms with Crippen LogP contribution in [0.2, 0.25) is 0 Å². The molecule has 20 heavy (non-hydrogen) atoms. The highest BCUT2D eigenvalue weighted by molar-refractivity contribution is 5.30. The average Bonchev–Trinajstić information content (AvgIpc) is 2.81. The molecule has 0 spiro atoms. The van der Waals surface area contributed by atoms with Crippen molar-refractivity contribution in [3.8, 4) is 0 Å². The van der Waals surface area contributed by atoms with Gasteiger partial charge in [0, 0.05) is 13.1 Å². The zero-order valence-electron chi connectivity index (χ0n) is 13.8. The van der Waals surface area contributed by atoms with Gasteiger partial charge in [0.05, 0.1) is 0 Å². The third-order valence-corrected chi connectivity index (χ3v) is 4.83. The molecule has 1 nitrogen and oxygen atoms in total. The average molecular weight is 273 g/mol. The summed E-state index contributed by atoms with van der Waals surface area (Å²) in [6.45, 7) is 11.3. The van der Waals surface area contributed by atoms with Crippen LogP contribution in [0, 0.1) is 25.2 Å². The van der Waals surface area contributed by atoms with Crippen molar-refractivity contribution in [3.63, 3.8) is 0 Å². The molecule has 1 aliphatic rings. The fourth-order valence-electron chi connectivity index (χ4n) is 3.90. The monoisotopic (exact) mass is 273 g/mol. The van der Waals surface area contributed by atoms with Crippen molar-refractivity contribution < 1.29 is 0 Å². The first-order valence-electron chi connectivity index (χ1n) is 8.28. The van der Waals surface area contributed by atoms with Crippen LogP contribution in [0.1, 0.15) is 62.6 Å². The van der Waals surface area contributed by atoms with E-state index in [-0.39, 0.29) is 0 Å². The number of nitrogens with one attached hydrogen (secondary N) is 1. The summed E-state index contributed by atoms with van der Waals surface area (Å²) in [6.07, 6.45) is 7.08. The maximum Gasteiger partial charge on any atom is 0.0208 e. The maximum atomic E-state index is 3.76. The summed E-state index contributed by atoms with van der Waals surface area (Å²) in [5, 5.41) is 3.76. The molecular weight excluding hydrogens is 242 g/mol. The molecule has 2 rings (SSSR count). The first-order valence-corrected chi connectivity index (χ1v) is 8.28. The maximum absolute atomic E-state index is 3.76. The Kier molecular flexibility index (Phi) is 5.26. The van der Waals surface area contributed by atoms with E-state index >= 15 is 0 Å². The third kappa shape index (κ3) is 4.09. The fourth-order valence-corrected chi connectivity index (χ4v) is 3.90. The molecule has 1 aromatic rings. The van der Waals surface area contributed by atoms with E-state index in [1.807, 2.05) is 0 Å². The largest absolute Gasteiger partial charge is 0.312 e. The van der Waals surface area contributed by atoms with Gasteiger partial charge < -0.3 is 5.32 Å². The molecule has 1 N–H and O–H groups in total. The van der Waals surface area contributed by atoms with Crippen molar-refractivity contribution >= 4 is 0 Å². The van der Waals surface area contributed by atoms with Crippen molar-refractivity contribution in [2.24, 2.45) is 11.3 Å². The van der Waals surface area contributed by atoms with E-state index < -0.39 is 0 Å². The van der Waals surface area contributed by atoms with Gasteiger partial charge in [0.15, 0.2) is 0 Å². The minimum atomic E-state index is 0.575. The zero-order valence-corrected chi connectivity index (χ0v) is 13.8. The van der Waals surface area contributed by atoms with Crippen molar-refractivity contribution in [1.82, 2.24) is 5.32 Å². The van der Waals surface area contributed by atoms with Crippen LogP contribution < -0.4 is 5.32 Å². The summed E-state index contributed by atoms with van der Waals surface area (Å²) >= 11 is 0. The number of benzene rings is 1. The van der Waals surface area contributed by atoms with Crippen molar-refractivity contribution in [3.05, 3.63) is 34.9 Å². The van der Waals surface area contributed by atoms with Gasteiger partial charge in [-0.25, -0.2) is 0 Å². The van der Waals surface area contributed by atoms with Crippen LogP contribution in [0.15, 0.2) is 18.2 Å².